The standard InChI is InChI=1S/C21H21N7O2S/c29-31(30)10-8-28(9-11-31)17-5-3-16(4-6-17)24-21-25-19(12-15-2-1-7-22-13-15)18-14-23-27-20(18)26-21/h1-7,13-14H,8-12H2,(H2,23,24,25,26,27). The Morgan fingerprint density at radius 1 is 1.03 bits per heavy atom. The van der Waals surface area contributed by atoms with E-state index >= 15 is 0 Å². The SMILES string of the molecule is O=S1(=O)CCN(c2ccc(Nc3nc(Cc4cccnc4)c4cn[nH]c4n3)cc2)CC1. The topological polar surface area (TPSA) is 117 Å². The van der Waals surface area contributed by atoms with Gasteiger partial charge in [-0.1, -0.05) is 6.07 Å². The molecule has 4 aromatic rings. The Morgan fingerprint density at radius 2 is 1.84 bits per heavy atom. The van der Waals surface area contributed by atoms with E-state index in [9.17, 15) is 8.42 Å². The smallest absolute Gasteiger partial charge is 0.229 e. The molecule has 10 heteroatoms. The number of anilines is 3. The maximum Gasteiger partial charge on any atom is 0.229 e. The number of nitrogens with one attached hydrogen (secondary N) is 2. The molecule has 3 aromatic heterocycles. The molecule has 0 radical (unpaired) electrons. The van der Waals surface area contributed by atoms with E-state index < -0.39 is 9.84 Å². The second kappa shape index (κ2) is 7.95. The molecule has 4 heterocycles. The fourth-order valence-corrected chi connectivity index (χ4v) is 4.84. The summed E-state index contributed by atoms with van der Waals surface area (Å²) in [5.41, 5.74) is 4.44. The molecule has 0 atom stereocenters. The largest absolute Gasteiger partial charge is 0.369 e. The third kappa shape index (κ3) is 4.33. The molecular weight excluding hydrogens is 414 g/mol. The van der Waals surface area contributed by atoms with E-state index in [-0.39, 0.29) is 11.5 Å². The highest BCUT2D eigenvalue weighted by atomic mass is 32.2. The summed E-state index contributed by atoms with van der Waals surface area (Å²) < 4.78 is 23.3. The highest BCUT2D eigenvalue weighted by Crippen LogP contribution is 2.23. The lowest BCUT2D eigenvalue weighted by Crippen LogP contribution is -2.40. The van der Waals surface area contributed by atoms with Crippen molar-refractivity contribution in [2.75, 3.05) is 34.8 Å². The number of benzene rings is 1. The Hall–Kier alpha value is -3.53. The lowest BCUT2D eigenvalue weighted by atomic mass is 10.1. The Labute approximate surface area is 179 Å². The van der Waals surface area contributed by atoms with Crippen LogP contribution in [0.1, 0.15) is 11.3 Å². The molecule has 2 N–H and O–H groups in total. The van der Waals surface area contributed by atoms with Gasteiger partial charge in [0.25, 0.3) is 0 Å². The van der Waals surface area contributed by atoms with Crippen molar-refractivity contribution in [3.8, 4) is 0 Å². The molecule has 1 aromatic carbocycles. The molecule has 0 amide bonds. The van der Waals surface area contributed by atoms with E-state index in [4.69, 9.17) is 4.98 Å². The van der Waals surface area contributed by atoms with E-state index in [1.54, 1.807) is 12.4 Å². The van der Waals surface area contributed by atoms with Crippen LogP contribution in [0.3, 0.4) is 0 Å². The van der Waals surface area contributed by atoms with Gasteiger partial charge in [0, 0.05) is 43.3 Å². The highest BCUT2D eigenvalue weighted by Gasteiger charge is 2.21. The van der Waals surface area contributed by atoms with Gasteiger partial charge in [-0.25, -0.2) is 13.4 Å². The molecule has 0 unspecified atom stereocenters. The van der Waals surface area contributed by atoms with Crippen LogP contribution in [0.2, 0.25) is 0 Å². The highest BCUT2D eigenvalue weighted by molar-refractivity contribution is 7.91. The molecule has 31 heavy (non-hydrogen) atoms. The van der Waals surface area contributed by atoms with Crippen LogP contribution in [0.4, 0.5) is 17.3 Å². The first-order chi connectivity index (χ1) is 15.1. The van der Waals surface area contributed by atoms with Crippen LogP contribution in [0.25, 0.3) is 11.0 Å². The number of aromatic nitrogens is 5. The number of nitrogens with zero attached hydrogens (tertiary/aromatic N) is 5. The van der Waals surface area contributed by atoms with Gasteiger partial charge in [-0.15, -0.1) is 0 Å². The molecule has 5 rings (SSSR count). The van der Waals surface area contributed by atoms with Crippen LogP contribution in [0.15, 0.2) is 55.0 Å². The van der Waals surface area contributed by atoms with E-state index in [0.717, 1.165) is 28.0 Å². The number of sulfone groups is 1. The predicted octanol–water partition coefficient (Wildman–Crippen LogP) is 2.32. The van der Waals surface area contributed by atoms with Gasteiger partial charge in [0.1, 0.15) is 0 Å². The van der Waals surface area contributed by atoms with Crippen molar-refractivity contribution < 1.29 is 8.42 Å². The van der Waals surface area contributed by atoms with Gasteiger partial charge in [-0.05, 0) is 35.9 Å². The summed E-state index contributed by atoms with van der Waals surface area (Å²) in [6.07, 6.45) is 5.93. The molecule has 0 saturated carbocycles. The van der Waals surface area contributed by atoms with Gasteiger partial charge in [0.05, 0.1) is 28.8 Å². The number of hydrogen-bond acceptors (Lipinski definition) is 8. The molecule has 158 valence electrons. The summed E-state index contributed by atoms with van der Waals surface area (Å²) in [4.78, 5) is 15.5. The van der Waals surface area contributed by atoms with Crippen molar-refractivity contribution in [1.82, 2.24) is 25.1 Å². The zero-order valence-corrected chi connectivity index (χ0v) is 17.5. The van der Waals surface area contributed by atoms with Gasteiger partial charge in [-0.3, -0.25) is 10.1 Å². The Kier molecular flexibility index (Phi) is 4.99. The Morgan fingerprint density at radius 3 is 2.58 bits per heavy atom. The predicted molar refractivity (Wildman–Crippen MR) is 119 cm³/mol. The summed E-state index contributed by atoms with van der Waals surface area (Å²) in [7, 11) is -2.90. The van der Waals surface area contributed by atoms with Crippen molar-refractivity contribution in [2.45, 2.75) is 6.42 Å². The number of aromatic amines is 1. The summed E-state index contributed by atoms with van der Waals surface area (Å²) in [5.74, 6) is 0.877. The van der Waals surface area contributed by atoms with Crippen molar-refractivity contribution in [2.24, 2.45) is 0 Å². The third-order valence-corrected chi connectivity index (χ3v) is 6.93. The second-order valence-electron chi connectivity index (χ2n) is 7.47. The summed E-state index contributed by atoms with van der Waals surface area (Å²) in [6, 6.07) is 11.8. The molecule has 1 fully saturated rings. The van der Waals surface area contributed by atoms with Gasteiger partial charge in [0.15, 0.2) is 15.5 Å². The third-order valence-electron chi connectivity index (χ3n) is 5.32. The quantitative estimate of drug-likeness (QED) is 0.491. The molecule has 0 spiro atoms. The first kappa shape index (κ1) is 19.4. The van der Waals surface area contributed by atoms with Crippen LogP contribution >= 0.6 is 0 Å². The van der Waals surface area contributed by atoms with E-state index in [2.05, 4.69) is 30.4 Å². The van der Waals surface area contributed by atoms with Crippen molar-refractivity contribution in [1.29, 1.82) is 0 Å². The molecule has 1 aliphatic rings. The van der Waals surface area contributed by atoms with Crippen molar-refractivity contribution >= 4 is 38.2 Å². The molecular formula is C21H21N7O2S. The minimum atomic E-state index is -2.90. The zero-order chi connectivity index (χ0) is 21.3. The minimum absolute atomic E-state index is 0.199. The van der Waals surface area contributed by atoms with Crippen molar-refractivity contribution in [3.05, 3.63) is 66.2 Å². The van der Waals surface area contributed by atoms with Crippen LogP contribution in [-0.4, -0.2) is 58.2 Å². The fraction of sp³-hybridized carbons (Fsp3) is 0.238. The maximum atomic E-state index is 11.6. The molecule has 1 saturated heterocycles. The number of hydrogen-bond donors (Lipinski definition) is 2. The molecule has 0 aliphatic carbocycles. The molecule has 9 nitrogen and oxygen atoms in total. The summed E-state index contributed by atoms with van der Waals surface area (Å²) in [5, 5.41) is 11.2. The minimum Gasteiger partial charge on any atom is -0.369 e. The maximum absolute atomic E-state index is 11.6. The first-order valence-electron chi connectivity index (χ1n) is 9.97. The van der Waals surface area contributed by atoms with Gasteiger partial charge < -0.3 is 10.2 Å². The Balaban J connectivity index is 1.35. The van der Waals surface area contributed by atoms with E-state index in [0.29, 0.717) is 31.1 Å². The molecule has 1 aliphatic heterocycles. The number of pyridine rings is 1. The second-order valence-corrected chi connectivity index (χ2v) is 9.78. The van der Waals surface area contributed by atoms with Crippen LogP contribution in [0.5, 0.6) is 0 Å². The fourth-order valence-electron chi connectivity index (χ4n) is 3.64. The van der Waals surface area contributed by atoms with Crippen molar-refractivity contribution in [3.63, 3.8) is 0 Å². The van der Waals surface area contributed by atoms with Crippen LogP contribution in [0, 0.1) is 0 Å². The first-order valence-corrected chi connectivity index (χ1v) is 11.8. The average Bonchev–Trinajstić information content (AvgIpc) is 3.24. The lowest BCUT2D eigenvalue weighted by Gasteiger charge is -2.28. The van der Waals surface area contributed by atoms with E-state index in [1.165, 1.54) is 0 Å². The number of H-pyrrole nitrogens is 1. The number of fused-ring (bicyclic) bond motifs is 1. The van der Waals surface area contributed by atoms with Gasteiger partial charge in [-0.2, -0.15) is 10.1 Å². The van der Waals surface area contributed by atoms with Gasteiger partial charge >= 0.3 is 0 Å². The lowest BCUT2D eigenvalue weighted by molar-refractivity contribution is 0.587. The zero-order valence-electron chi connectivity index (χ0n) is 16.7. The van der Waals surface area contributed by atoms with Crippen LogP contribution in [-0.2, 0) is 16.3 Å². The van der Waals surface area contributed by atoms with Crippen LogP contribution < -0.4 is 10.2 Å². The number of rotatable bonds is 5. The monoisotopic (exact) mass is 435 g/mol. The summed E-state index contributed by atoms with van der Waals surface area (Å²) >= 11 is 0. The summed E-state index contributed by atoms with van der Waals surface area (Å²) in [6.45, 7) is 1.04. The van der Waals surface area contributed by atoms with Gasteiger partial charge in [0.2, 0.25) is 5.95 Å². The molecule has 0 bridgehead atoms. The van der Waals surface area contributed by atoms with E-state index in [1.807, 2.05) is 42.6 Å². The average molecular weight is 436 g/mol. The normalized spacial score (nSPS) is 15.8. The Bertz CT molecular complexity index is 1290.